The Morgan fingerprint density at radius 3 is 2.48 bits per heavy atom. The van der Waals surface area contributed by atoms with Gasteiger partial charge in [-0.2, -0.15) is 0 Å². The van der Waals surface area contributed by atoms with Crippen molar-refractivity contribution in [2.75, 3.05) is 18.0 Å². The maximum absolute atomic E-state index is 13.7. The topological polar surface area (TPSA) is 151 Å². The van der Waals surface area contributed by atoms with Gasteiger partial charge in [0, 0.05) is 48.4 Å². The summed E-state index contributed by atoms with van der Waals surface area (Å²) in [5.41, 5.74) is 6.28. The molecule has 0 bridgehead atoms. The summed E-state index contributed by atoms with van der Waals surface area (Å²) in [7, 11) is 0. The Labute approximate surface area is 243 Å². The van der Waals surface area contributed by atoms with Crippen LogP contribution in [0.3, 0.4) is 0 Å². The number of carbonyl (C=O) groups is 5. The Balaban J connectivity index is 1.37. The zero-order valence-corrected chi connectivity index (χ0v) is 24.2. The molecule has 3 aliphatic rings. The number of piperidine rings is 2. The molecule has 3 aliphatic heterocycles. The average molecular weight is 574 g/mol. The van der Waals surface area contributed by atoms with E-state index in [1.165, 1.54) is 17.3 Å². The average Bonchev–Trinajstić information content (AvgIpc) is 3.21. The number of nitrogens with zero attached hydrogens (tertiary/aromatic N) is 3. The van der Waals surface area contributed by atoms with E-state index in [-0.39, 0.29) is 42.1 Å². The van der Waals surface area contributed by atoms with Gasteiger partial charge in [-0.3, -0.25) is 34.4 Å². The zero-order chi connectivity index (χ0) is 30.4. The van der Waals surface area contributed by atoms with Crippen LogP contribution in [0.2, 0.25) is 0 Å². The molecule has 0 saturated carbocycles. The summed E-state index contributed by atoms with van der Waals surface area (Å²) < 4.78 is 5.48. The number of imide groups is 1. The second kappa shape index (κ2) is 10.7. The highest BCUT2D eigenvalue weighted by Crippen LogP contribution is 2.41. The molecule has 11 nitrogen and oxygen atoms in total. The number of hydrogen-bond donors (Lipinski definition) is 2. The number of ether oxygens (including phenoxy) is 1. The molecule has 3 N–H and O–H groups in total. The van der Waals surface area contributed by atoms with Crippen molar-refractivity contribution in [1.82, 2.24) is 10.2 Å². The number of amides is 4. The number of ketones is 1. The Kier molecular flexibility index (Phi) is 7.38. The quantitative estimate of drug-likeness (QED) is 0.240. The first-order valence-electron chi connectivity index (χ1n) is 14.0. The summed E-state index contributed by atoms with van der Waals surface area (Å²) in [5, 5.41) is 3.45. The summed E-state index contributed by atoms with van der Waals surface area (Å²) in [5.74, 6) is -1.59. The van der Waals surface area contributed by atoms with Gasteiger partial charge in [-0.15, -0.1) is 0 Å². The van der Waals surface area contributed by atoms with E-state index >= 15 is 0 Å². The minimum Gasteiger partial charge on any atom is -0.444 e. The molecule has 11 heteroatoms. The van der Waals surface area contributed by atoms with Crippen molar-refractivity contribution < 1.29 is 28.7 Å². The minimum absolute atomic E-state index is 0.137. The first kappa shape index (κ1) is 29.0. The summed E-state index contributed by atoms with van der Waals surface area (Å²) in [6, 6.07) is 7.59. The third kappa shape index (κ3) is 5.38. The van der Waals surface area contributed by atoms with Crippen LogP contribution >= 0.6 is 0 Å². The molecule has 2 aromatic rings. The summed E-state index contributed by atoms with van der Waals surface area (Å²) in [4.78, 5) is 71.7. The molecule has 0 aliphatic carbocycles. The molecule has 3 heterocycles. The predicted molar refractivity (Wildman–Crippen MR) is 157 cm³/mol. The van der Waals surface area contributed by atoms with E-state index in [0.717, 1.165) is 0 Å². The van der Waals surface area contributed by atoms with Gasteiger partial charge in [-0.1, -0.05) is 12.1 Å². The predicted octanol–water partition coefficient (Wildman–Crippen LogP) is 3.49. The lowest BCUT2D eigenvalue weighted by molar-refractivity contribution is -0.134. The number of aliphatic imine (C=N–C) groups is 1. The first-order valence-corrected chi connectivity index (χ1v) is 14.0. The molecule has 42 heavy (non-hydrogen) atoms. The Morgan fingerprint density at radius 2 is 1.83 bits per heavy atom. The third-order valence-electron chi connectivity index (χ3n) is 7.94. The van der Waals surface area contributed by atoms with Crippen LogP contribution in [0.25, 0.3) is 10.8 Å². The van der Waals surface area contributed by atoms with E-state index in [1.54, 1.807) is 35.2 Å². The number of carbonyl (C=O) groups excluding carboxylic acids is 5. The number of nitrogens with two attached hydrogens (primary N) is 1. The Bertz CT molecular complexity index is 1560. The fourth-order valence-electron chi connectivity index (χ4n) is 5.63. The number of Topliss-reactive ketones (excluding diaryl/α,β-unsaturated/α-hetero) is 1. The first-order chi connectivity index (χ1) is 19.8. The van der Waals surface area contributed by atoms with Crippen LogP contribution in [-0.4, -0.2) is 71.0 Å². The maximum Gasteiger partial charge on any atom is 0.410 e. The third-order valence-corrected chi connectivity index (χ3v) is 7.94. The maximum atomic E-state index is 13.7. The van der Waals surface area contributed by atoms with E-state index in [1.807, 2.05) is 27.7 Å². The van der Waals surface area contributed by atoms with Crippen molar-refractivity contribution in [2.24, 2.45) is 10.7 Å². The number of likely N-dealkylation sites (tertiary alicyclic amines) is 1. The molecule has 4 amide bonds. The van der Waals surface area contributed by atoms with Gasteiger partial charge < -0.3 is 15.4 Å². The van der Waals surface area contributed by atoms with Gasteiger partial charge >= 0.3 is 6.09 Å². The highest BCUT2D eigenvalue weighted by molar-refractivity contribution is 6.32. The van der Waals surface area contributed by atoms with Crippen LogP contribution in [0, 0.1) is 0 Å². The molecular weight excluding hydrogens is 538 g/mol. The SMILES string of the molecule is CC1(N=C/C(=C\N)C(=O)c2ccc3c4c(cccc24)C(=O)N3C2CCC(=O)NC2=O)CCN(C(=O)OC(C)(C)C)CC1. The van der Waals surface area contributed by atoms with Crippen molar-refractivity contribution in [2.45, 2.75) is 70.6 Å². The number of rotatable bonds is 5. The van der Waals surface area contributed by atoms with Crippen molar-refractivity contribution >= 4 is 52.3 Å². The lowest BCUT2D eigenvalue weighted by Gasteiger charge is -2.37. The van der Waals surface area contributed by atoms with Crippen molar-refractivity contribution in [3.05, 3.63) is 53.2 Å². The molecule has 0 radical (unpaired) electrons. The van der Waals surface area contributed by atoms with Gasteiger partial charge in [-0.05, 0) is 70.5 Å². The minimum atomic E-state index is -0.818. The van der Waals surface area contributed by atoms with Crippen LogP contribution in [0.5, 0.6) is 0 Å². The van der Waals surface area contributed by atoms with Crippen molar-refractivity contribution in [3.63, 3.8) is 0 Å². The lowest BCUT2D eigenvalue weighted by Crippen LogP contribution is -2.53. The van der Waals surface area contributed by atoms with Crippen LogP contribution in [0.15, 0.2) is 47.1 Å². The number of allylic oxidation sites excluding steroid dienone is 1. The van der Waals surface area contributed by atoms with Gasteiger partial charge in [0.25, 0.3) is 5.91 Å². The normalized spacial score (nSPS) is 20.8. The highest BCUT2D eigenvalue weighted by Gasteiger charge is 2.41. The highest BCUT2D eigenvalue weighted by atomic mass is 16.6. The summed E-state index contributed by atoms with van der Waals surface area (Å²) in [6.07, 6.45) is 3.88. The largest absolute Gasteiger partial charge is 0.444 e. The van der Waals surface area contributed by atoms with Gasteiger partial charge in [0.2, 0.25) is 11.8 Å². The summed E-state index contributed by atoms with van der Waals surface area (Å²) in [6.45, 7) is 8.42. The fourth-order valence-corrected chi connectivity index (χ4v) is 5.63. The van der Waals surface area contributed by atoms with E-state index in [4.69, 9.17) is 15.5 Å². The number of nitrogens with one attached hydrogen (secondary N) is 1. The van der Waals surface area contributed by atoms with Crippen LogP contribution in [0.4, 0.5) is 10.5 Å². The monoisotopic (exact) mass is 573 g/mol. The van der Waals surface area contributed by atoms with E-state index in [9.17, 15) is 24.0 Å². The van der Waals surface area contributed by atoms with Crippen LogP contribution < -0.4 is 16.0 Å². The molecule has 0 aromatic heterocycles. The van der Waals surface area contributed by atoms with Gasteiger partial charge in [0.15, 0.2) is 5.78 Å². The second-order valence-corrected chi connectivity index (χ2v) is 12.2. The molecule has 1 atom stereocenters. The van der Waals surface area contributed by atoms with Gasteiger partial charge in [0.1, 0.15) is 11.6 Å². The van der Waals surface area contributed by atoms with Crippen LogP contribution in [-0.2, 0) is 14.3 Å². The van der Waals surface area contributed by atoms with E-state index < -0.39 is 23.1 Å². The van der Waals surface area contributed by atoms with Gasteiger partial charge in [0.05, 0.1) is 16.8 Å². The number of hydrogen-bond acceptors (Lipinski definition) is 8. The number of anilines is 1. The van der Waals surface area contributed by atoms with E-state index in [0.29, 0.717) is 53.5 Å². The smallest absolute Gasteiger partial charge is 0.410 e. The standard InChI is InChI=1S/C31H35N5O6/c1-30(2,3)42-29(41)35-14-12-31(4,13-15-35)33-17-18(16-32)26(38)20-8-9-22-25-19(20)6-5-7-21(25)28(40)36(22)23-10-11-24(37)34-27(23)39/h5-9,16-17,23H,10-15,32H2,1-4H3,(H,34,37,39)/b18-16+,33-17?. The van der Waals surface area contributed by atoms with Crippen molar-refractivity contribution in [3.8, 4) is 0 Å². The van der Waals surface area contributed by atoms with Crippen LogP contribution in [0.1, 0.15) is 74.1 Å². The Morgan fingerprint density at radius 1 is 1.12 bits per heavy atom. The zero-order valence-electron chi connectivity index (χ0n) is 24.2. The Hall–Kier alpha value is -4.54. The molecular formula is C31H35N5O6. The lowest BCUT2D eigenvalue weighted by atomic mass is 9.90. The number of benzene rings is 2. The molecule has 1 unspecified atom stereocenters. The molecule has 220 valence electrons. The molecule has 0 spiro atoms. The molecule has 2 saturated heterocycles. The molecule has 2 aromatic carbocycles. The summed E-state index contributed by atoms with van der Waals surface area (Å²) >= 11 is 0. The van der Waals surface area contributed by atoms with Gasteiger partial charge in [-0.25, -0.2) is 4.79 Å². The molecule has 5 rings (SSSR count). The molecule has 2 fully saturated rings. The fraction of sp³-hybridized carbons (Fsp3) is 0.419. The second-order valence-electron chi connectivity index (χ2n) is 12.2. The van der Waals surface area contributed by atoms with Crippen molar-refractivity contribution in [1.29, 1.82) is 0 Å². The van der Waals surface area contributed by atoms with E-state index in [2.05, 4.69) is 5.32 Å².